The third-order valence-electron chi connectivity index (χ3n) is 3.52. The van der Waals surface area contributed by atoms with Gasteiger partial charge < -0.3 is 25.0 Å². The second-order valence-electron chi connectivity index (χ2n) is 5.12. The fourth-order valence-electron chi connectivity index (χ4n) is 2.01. The van der Waals surface area contributed by atoms with Gasteiger partial charge in [0.15, 0.2) is 6.61 Å². The largest absolute Gasteiger partial charge is 0.497 e. The lowest BCUT2D eigenvalue weighted by molar-refractivity contribution is -0.127. The summed E-state index contributed by atoms with van der Waals surface area (Å²) in [6, 6.07) is 6.92. The number of likely N-dealkylation sites (N-methyl/N-ethyl adjacent to an activating group) is 1. The summed E-state index contributed by atoms with van der Waals surface area (Å²) >= 11 is 0. The number of ether oxygens (including phenoxy) is 2. The van der Waals surface area contributed by atoms with E-state index in [1.807, 2.05) is 0 Å². The molecule has 0 spiro atoms. The van der Waals surface area contributed by atoms with Gasteiger partial charge in [-0.25, -0.2) is 0 Å². The number of hydrogen-bond donors (Lipinski definition) is 2. The van der Waals surface area contributed by atoms with E-state index in [1.165, 1.54) is 0 Å². The first-order valence-electron chi connectivity index (χ1n) is 8.11. The van der Waals surface area contributed by atoms with Gasteiger partial charge in [0.2, 0.25) is 5.91 Å². The fraction of sp³-hybridized carbons (Fsp3) is 0.529. The molecule has 0 atom stereocenters. The van der Waals surface area contributed by atoms with E-state index in [0.717, 1.165) is 19.6 Å². The Labute approximate surface area is 143 Å². The molecule has 0 bridgehead atoms. The van der Waals surface area contributed by atoms with Crippen molar-refractivity contribution in [3.63, 3.8) is 0 Å². The van der Waals surface area contributed by atoms with Gasteiger partial charge in [0.25, 0.3) is 5.91 Å². The van der Waals surface area contributed by atoms with E-state index in [-0.39, 0.29) is 25.0 Å². The number of methoxy groups -OCH3 is 1. The SMILES string of the molecule is CCN(CC)CCNC(=O)CNC(=O)COc1ccc(OC)cc1. The number of rotatable bonds is 11. The fourth-order valence-corrected chi connectivity index (χ4v) is 2.01. The molecule has 0 heterocycles. The molecule has 7 heteroatoms. The minimum absolute atomic E-state index is 0.0525. The number of carbonyl (C=O) groups excluding carboxylic acids is 2. The summed E-state index contributed by atoms with van der Waals surface area (Å²) in [5.74, 6) is 0.729. The van der Waals surface area contributed by atoms with Crippen molar-refractivity contribution < 1.29 is 19.1 Å². The van der Waals surface area contributed by atoms with Crippen LogP contribution in [0.15, 0.2) is 24.3 Å². The molecule has 0 saturated heterocycles. The molecule has 0 aliphatic rings. The second kappa shape index (κ2) is 11.3. The zero-order chi connectivity index (χ0) is 17.8. The van der Waals surface area contributed by atoms with Crippen LogP contribution >= 0.6 is 0 Å². The number of benzene rings is 1. The van der Waals surface area contributed by atoms with Gasteiger partial charge in [0.1, 0.15) is 11.5 Å². The third kappa shape index (κ3) is 7.82. The van der Waals surface area contributed by atoms with E-state index < -0.39 is 0 Å². The van der Waals surface area contributed by atoms with Crippen molar-refractivity contribution in [2.75, 3.05) is 46.4 Å². The van der Waals surface area contributed by atoms with Crippen LogP contribution in [0.3, 0.4) is 0 Å². The number of carbonyl (C=O) groups is 2. The summed E-state index contributed by atoms with van der Waals surface area (Å²) in [6.07, 6.45) is 0. The monoisotopic (exact) mass is 337 g/mol. The average Bonchev–Trinajstić information content (AvgIpc) is 2.62. The highest BCUT2D eigenvalue weighted by Gasteiger charge is 2.07. The summed E-state index contributed by atoms with van der Waals surface area (Å²) in [5, 5.41) is 5.30. The molecule has 0 saturated carbocycles. The highest BCUT2D eigenvalue weighted by molar-refractivity contribution is 5.85. The number of amides is 2. The maximum absolute atomic E-state index is 11.7. The van der Waals surface area contributed by atoms with Crippen molar-refractivity contribution in [1.82, 2.24) is 15.5 Å². The molecule has 1 aromatic rings. The van der Waals surface area contributed by atoms with Crippen LogP contribution in [0, 0.1) is 0 Å². The van der Waals surface area contributed by atoms with E-state index in [2.05, 4.69) is 29.4 Å². The Morgan fingerprint density at radius 3 is 2.21 bits per heavy atom. The molecule has 0 aromatic heterocycles. The minimum Gasteiger partial charge on any atom is -0.497 e. The molecule has 0 unspecified atom stereocenters. The normalized spacial score (nSPS) is 10.3. The van der Waals surface area contributed by atoms with Gasteiger partial charge >= 0.3 is 0 Å². The van der Waals surface area contributed by atoms with E-state index >= 15 is 0 Å². The van der Waals surface area contributed by atoms with Gasteiger partial charge in [-0.1, -0.05) is 13.8 Å². The molecular formula is C17H27N3O4. The predicted molar refractivity (Wildman–Crippen MR) is 92.3 cm³/mol. The van der Waals surface area contributed by atoms with Crippen molar-refractivity contribution in [2.24, 2.45) is 0 Å². The van der Waals surface area contributed by atoms with Gasteiger partial charge in [0.05, 0.1) is 13.7 Å². The third-order valence-corrected chi connectivity index (χ3v) is 3.52. The molecule has 0 aliphatic heterocycles. The first-order chi connectivity index (χ1) is 11.6. The molecule has 134 valence electrons. The maximum atomic E-state index is 11.7. The predicted octanol–water partition coefficient (Wildman–Crippen LogP) is 0.648. The van der Waals surface area contributed by atoms with Crippen LogP contribution in [0.4, 0.5) is 0 Å². The number of nitrogens with zero attached hydrogens (tertiary/aromatic N) is 1. The van der Waals surface area contributed by atoms with Crippen molar-refractivity contribution in [3.8, 4) is 11.5 Å². The van der Waals surface area contributed by atoms with Crippen LogP contribution in [-0.4, -0.2) is 63.2 Å². The van der Waals surface area contributed by atoms with Crippen LogP contribution < -0.4 is 20.1 Å². The van der Waals surface area contributed by atoms with Gasteiger partial charge in [-0.15, -0.1) is 0 Å². The summed E-state index contributed by atoms with van der Waals surface area (Å²) < 4.78 is 10.4. The van der Waals surface area contributed by atoms with Crippen LogP contribution in [-0.2, 0) is 9.59 Å². The van der Waals surface area contributed by atoms with Crippen LogP contribution in [0.1, 0.15) is 13.8 Å². The quantitative estimate of drug-likeness (QED) is 0.620. The van der Waals surface area contributed by atoms with Gasteiger partial charge in [0, 0.05) is 13.1 Å². The lowest BCUT2D eigenvalue weighted by Gasteiger charge is -2.18. The molecule has 1 aromatic carbocycles. The maximum Gasteiger partial charge on any atom is 0.258 e. The average molecular weight is 337 g/mol. The zero-order valence-electron chi connectivity index (χ0n) is 14.6. The molecule has 2 N–H and O–H groups in total. The summed E-state index contributed by atoms with van der Waals surface area (Å²) in [4.78, 5) is 25.5. The standard InChI is InChI=1S/C17H27N3O4/c1-4-20(5-2)11-10-18-16(21)12-19-17(22)13-24-15-8-6-14(23-3)7-9-15/h6-9H,4-5,10-13H2,1-3H3,(H,18,21)(H,19,22). The first kappa shape index (κ1) is 19.8. The molecule has 7 nitrogen and oxygen atoms in total. The van der Waals surface area contributed by atoms with E-state index in [4.69, 9.17) is 9.47 Å². The molecule has 2 amide bonds. The topological polar surface area (TPSA) is 79.9 Å². The minimum atomic E-state index is -0.343. The van der Waals surface area contributed by atoms with Crippen molar-refractivity contribution in [1.29, 1.82) is 0 Å². The molecule has 0 radical (unpaired) electrons. The van der Waals surface area contributed by atoms with E-state index in [0.29, 0.717) is 18.0 Å². The zero-order valence-corrected chi connectivity index (χ0v) is 14.6. The van der Waals surface area contributed by atoms with Crippen LogP contribution in [0.5, 0.6) is 11.5 Å². The highest BCUT2D eigenvalue weighted by atomic mass is 16.5. The van der Waals surface area contributed by atoms with Crippen LogP contribution in [0.2, 0.25) is 0 Å². The van der Waals surface area contributed by atoms with Crippen molar-refractivity contribution >= 4 is 11.8 Å². The van der Waals surface area contributed by atoms with Gasteiger partial charge in [-0.2, -0.15) is 0 Å². The van der Waals surface area contributed by atoms with E-state index in [9.17, 15) is 9.59 Å². The van der Waals surface area contributed by atoms with Crippen molar-refractivity contribution in [3.05, 3.63) is 24.3 Å². The Kier molecular flexibility index (Phi) is 9.29. The Morgan fingerprint density at radius 1 is 1.00 bits per heavy atom. The van der Waals surface area contributed by atoms with Crippen molar-refractivity contribution in [2.45, 2.75) is 13.8 Å². The first-order valence-corrected chi connectivity index (χ1v) is 8.11. The lowest BCUT2D eigenvalue weighted by Crippen LogP contribution is -2.41. The Balaban J connectivity index is 2.17. The Bertz CT molecular complexity index is 501. The molecule has 24 heavy (non-hydrogen) atoms. The highest BCUT2D eigenvalue weighted by Crippen LogP contribution is 2.16. The smallest absolute Gasteiger partial charge is 0.258 e. The van der Waals surface area contributed by atoms with Gasteiger partial charge in [-0.05, 0) is 37.4 Å². The Morgan fingerprint density at radius 2 is 1.62 bits per heavy atom. The molecule has 0 fully saturated rings. The van der Waals surface area contributed by atoms with E-state index in [1.54, 1.807) is 31.4 Å². The number of nitrogens with one attached hydrogen (secondary N) is 2. The lowest BCUT2D eigenvalue weighted by atomic mass is 10.3. The molecule has 1 rings (SSSR count). The summed E-state index contributed by atoms with van der Waals surface area (Å²) in [6.45, 7) is 7.23. The summed E-state index contributed by atoms with van der Waals surface area (Å²) in [5.41, 5.74) is 0. The second-order valence-corrected chi connectivity index (χ2v) is 5.12. The van der Waals surface area contributed by atoms with Gasteiger partial charge in [-0.3, -0.25) is 9.59 Å². The Hall–Kier alpha value is -2.28. The summed E-state index contributed by atoms with van der Waals surface area (Å²) in [7, 11) is 1.58. The van der Waals surface area contributed by atoms with Crippen LogP contribution in [0.25, 0.3) is 0 Å². The number of hydrogen-bond acceptors (Lipinski definition) is 5. The molecule has 0 aliphatic carbocycles. The molecular weight excluding hydrogens is 310 g/mol.